The predicted octanol–water partition coefficient (Wildman–Crippen LogP) is 2.86. The molecule has 7 heteroatoms. The van der Waals surface area contributed by atoms with Gasteiger partial charge in [-0.15, -0.1) is 0 Å². The minimum Gasteiger partial charge on any atom is -0.445 e. The molecule has 79 valence electrons. The number of ether oxygens (including phenoxy) is 1. The van der Waals surface area contributed by atoms with Crippen LogP contribution in [0.1, 0.15) is 6.42 Å². The van der Waals surface area contributed by atoms with Crippen molar-refractivity contribution in [2.45, 2.75) is 10.2 Å². The second kappa shape index (κ2) is 6.45. The zero-order valence-corrected chi connectivity index (χ0v) is 10.1. The van der Waals surface area contributed by atoms with Gasteiger partial charge in [0.1, 0.15) is 6.61 Å². The molecular formula is C7H7Cl3NO2S. The molecule has 14 heavy (non-hydrogen) atoms. The van der Waals surface area contributed by atoms with Crippen molar-refractivity contribution in [1.82, 2.24) is 5.32 Å². The van der Waals surface area contributed by atoms with E-state index in [2.05, 4.69) is 34.2 Å². The molecule has 0 heterocycles. The van der Waals surface area contributed by atoms with Gasteiger partial charge in [-0.05, 0) is 0 Å². The second-order valence-electron chi connectivity index (χ2n) is 2.24. The van der Waals surface area contributed by atoms with Crippen LogP contribution in [0.25, 0.3) is 0 Å². The van der Waals surface area contributed by atoms with Crippen molar-refractivity contribution < 1.29 is 9.53 Å². The summed E-state index contributed by atoms with van der Waals surface area (Å²) >= 11 is 20.5. The van der Waals surface area contributed by atoms with Gasteiger partial charge in [0.2, 0.25) is 3.79 Å². The molecule has 0 saturated carbocycles. The highest BCUT2D eigenvalue weighted by atomic mass is 35.6. The molecule has 0 aliphatic rings. The number of alkyl carbamates (subject to hydrolysis) is 1. The van der Waals surface area contributed by atoms with Crippen LogP contribution in [0.5, 0.6) is 0 Å². The molecule has 0 rings (SSSR count). The van der Waals surface area contributed by atoms with Crippen molar-refractivity contribution in [2.24, 2.45) is 0 Å². The van der Waals surface area contributed by atoms with Crippen LogP contribution < -0.4 is 5.32 Å². The molecule has 0 saturated heterocycles. The normalized spacial score (nSPS) is 10.5. The molecule has 1 N–H and O–H groups in total. The number of allylic oxidation sites excluding steroid dienone is 1. The fraction of sp³-hybridized carbons (Fsp3) is 0.429. The summed E-state index contributed by atoms with van der Waals surface area (Å²) in [6, 6.07) is 0. The molecule has 0 bridgehead atoms. The van der Waals surface area contributed by atoms with Gasteiger partial charge in [0.25, 0.3) is 0 Å². The Labute approximate surface area is 102 Å². The summed E-state index contributed by atoms with van der Waals surface area (Å²) in [5.41, 5.74) is 0.370. The number of hydrogen-bond donors (Lipinski definition) is 1. The summed E-state index contributed by atoms with van der Waals surface area (Å²) in [5.74, 6) is 0. The van der Waals surface area contributed by atoms with Gasteiger partial charge in [0.05, 0.1) is 0 Å². The van der Waals surface area contributed by atoms with E-state index in [1.807, 2.05) is 0 Å². The SMILES string of the molecule is C=C(C[C]=S)NC(=O)OCC(Cl)(Cl)Cl. The van der Waals surface area contributed by atoms with Gasteiger partial charge in [-0.3, -0.25) is 5.32 Å². The summed E-state index contributed by atoms with van der Waals surface area (Å²) in [5, 5.41) is 4.67. The minimum absolute atomic E-state index is 0.262. The molecule has 0 fully saturated rings. The van der Waals surface area contributed by atoms with Crippen molar-refractivity contribution in [3.05, 3.63) is 12.3 Å². The number of hydrogen-bond acceptors (Lipinski definition) is 3. The largest absolute Gasteiger partial charge is 0.445 e. The number of alkyl halides is 3. The third kappa shape index (κ3) is 8.56. The fourth-order valence-corrected chi connectivity index (χ4v) is 0.797. The zero-order valence-electron chi connectivity index (χ0n) is 6.98. The fourth-order valence-electron chi connectivity index (χ4n) is 0.459. The van der Waals surface area contributed by atoms with Gasteiger partial charge in [-0.25, -0.2) is 4.79 Å². The number of carbonyl (C=O) groups is 1. The minimum atomic E-state index is -1.62. The number of halogens is 3. The third-order valence-corrected chi connectivity index (χ3v) is 1.40. The van der Waals surface area contributed by atoms with E-state index in [1.165, 1.54) is 0 Å². The van der Waals surface area contributed by atoms with E-state index < -0.39 is 9.89 Å². The molecule has 0 aromatic carbocycles. The highest BCUT2D eigenvalue weighted by Gasteiger charge is 2.22. The van der Waals surface area contributed by atoms with E-state index in [9.17, 15) is 4.79 Å². The van der Waals surface area contributed by atoms with Crippen LogP contribution in [0.15, 0.2) is 12.3 Å². The number of thiocarbonyl (C=S) groups is 1. The van der Waals surface area contributed by atoms with Crippen LogP contribution in [0.2, 0.25) is 0 Å². The van der Waals surface area contributed by atoms with Crippen molar-refractivity contribution >= 4 is 58.5 Å². The summed E-state index contributed by atoms with van der Waals surface area (Å²) in [4.78, 5) is 10.9. The van der Waals surface area contributed by atoms with Gasteiger partial charge in [-0.1, -0.05) is 53.6 Å². The van der Waals surface area contributed by atoms with Crippen molar-refractivity contribution in [1.29, 1.82) is 0 Å². The Morgan fingerprint density at radius 2 is 2.14 bits per heavy atom. The van der Waals surface area contributed by atoms with Crippen LogP contribution >= 0.6 is 47.0 Å². The Balaban J connectivity index is 3.76. The maximum Gasteiger partial charge on any atom is 0.411 e. The first-order chi connectivity index (χ1) is 6.35. The van der Waals surface area contributed by atoms with Gasteiger partial charge in [0.15, 0.2) is 0 Å². The first-order valence-corrected chi connectivity index (χ1v) is 4.92. The third-order valence-electron chi connectivity index (χ3n) is 0.931. The monoisotopic (exact) mass is 274 g/mol. The number of nitrogens with one attached hydrogen (secondary N) is 1. The van der Waals surface area contributed by atoms with Crippen LogP contribution in [0.4, 0.5) is 4.79 Å². The molecule has 1 amide bonds. The Morgan fingerprint density at radius 3 is 2.57 bits per heavy atom. The summed E-state index contributed by atoms with van der Waals surface area (Å²) in [6.45, 7) is 3.15. The zero-order chi connectivity index (χ0) is 11.2. The number of amides is 1. The lowest BCUT2D eigenvalue weighted by molar-refractivity contribution is 0.151. The lowest BCUT2D eigenvalue weighted by atomic mass is 10.4. The van der Waals surface area contributed by atoms with E-state index in [0.29, 0.717) is 5.70 Å². The van der Waals surface area contributed by atoms with Gasteiger partial charge >= 0.3 is 6.09 Å². The van der Waals surface area contributed by atoms with Crippen LogP contribution in [-0.2, 0) is 4.74 Å². The molecule has 1 radical (unpaired) electrons. The van der Waals surface area contributed by atoms with Crippen molar-refractivity contribution in [2.75, 3.05) is 6.61 Å². The Morgan fingerprint density at radius 1 is 1.57 bits per heavy atom. The maximum atomic E-state index is 10.9. The Hall–Kier alpha value is -0.0300. The van der Waals surface area contributed by atoms with E-state index in [4.69, 9.17) is 34.8 Å². The van der Waals surface area contributed by atoms with Crippen LogP contribution in [-0.4, -0.2) is 21.9 Å². The molecule has 3 nitrogen and oxygen atoms in total. The molecule has 0 aromatic heterocycles. The van der Waals surface area contributed by atoms with E-state index in [1.54, 1.807) is 0 Å². The van der Waals surface area contributed by atoms with E-state index >= 15 is 0 Å². The van der Waals surface area contributed by atoms with Crippen molar-refractivity contribution in [3.8, 4) is 0 Å². The van der Waals surface area contributed by atoms with Gasteiger partial charge in [-0.2, -0.15) is 0 Å². The van der Waals surface area contributed by atoms with E-state index in [0.717, 1.165) is 0 Å². The van der Waals surface area contributed by atoms with Gasteiger partial charge < -0.3 is 4.74 Å². The second-order valence-corrected chi connectivity index (χ2v) is 5.05. The number of carbonyl (C=O) groups excluding carboxylic acids is 1. The molecule has 0 atom stereocenters. The highest BCUT2D eigenvalue weighted by molar-refractivity contribution is 7.79. The molecular weight excluding hydrogens is 269 g/mol. The smallest absolute Gasteiger partial charge is 0.411 e. The number of rotatable bonds is 4. The lowest BCUT2D eigenvalue weighted by Crippen LogP contribution is -2.27. The molecule has 0 aromatic rings. The Bertz CT molecular complexity index is 240. The molecule has 0 unspecified atom stereocenters. The standard InChI is InChI=1S/C7H7Cl3NO2S/c1-5(2-3-14)11-6(12)13-4-7(8,9)10/h1-2,4H2,(H,11,12). The first-order valence-electron chi connectivity index (χ1n) is 3.38. The van der Waals surface area contributed by atoms with Crippen molar-refractivity contribution in [3.63, 3.8) is 0 Å². The first kappa shape index (κ1) is 14.0. The Kier molecular flexibility index (Phi) is 6.44. The van der Waals surface area contributed by atoms with E-state index in [-0.39, 0.29) is 13.0 Å². The summed E-state index contributed by atoms with van der Waals surface area (Å²) in [6.07, 6.45) is -0.482. The van der Waals surface area contributed by atoms with Gasteiger partial charge in [0, 0.05) is 17.5 Å². The predicted molar refractivity (Wildman–Crippen MR) is 61.1 cm³/mol. The molecule has 0 aliphatic carbocycles. The van der Waals surface area contributed by atoms with Crippen LogP contribution in [0.3, 0.4) is 0 Å². The summed E-state index contributed by atoms with van der Waals surface area (Å²) in [7, 11) is 0. The quantitative estimate of drug-likeness (QED) is 0.633. The van der Waals surface area contributed by atoms with Crippen LogP contribution in [0, 0.1) is 0 Å². The average Bonchev–Trinajstić information content (AvgIpc) is 2.00. The molecule has 0 aliphatic heterocycles. The summed E-state index contributed by atoms with van der Waals surface area (Å²) < 4.78 is 2.94. The topological polar surface area (TPSA) is 38.3 Å². The highest BCUT2D eigenvalue weighted by Crippen LogP contribution is 2.25. The molecule has 0 spiro atoms. The maximum absolute atomic E-state index is 10.9. The average molecular weight is 276 g/mol. The lowest BCUT2D eigenvalue weighted by Gasteiger charge is -2.12.